The molecule has 0 atom stereocenters. The number of halogens is 1. The van der Waals surface area contributed by atoms with Crippen molar-refractivity contribution in [3.8, 4) is 5.75 Å². The molecule has 0 saturated heterocycles. The van der Waals surface area contributed by atoms with Crippen LogP contribution < -0.4 is 10.1 Å². The third kappa shape index (κ3) is 3.70. The summed E-state index contributed by atoms with van der Waals surface area (Å²) in [5, 5.41) is 11.1. The Bertz CT molecular complexity index is 642. The molecule has 0 fully saturated rings. The monoisotopic (exact) mass is 305 g/mol. The molecule has 1 aromatic carbocycles. The maximum Gasteiger partial charge on any atom is 0.276 e. The summed E-state index contributed by atoms with van der Waals surface area (Å²) in [5.74, 6) is 0.491. The first kappa shape index (κ1) is 15.3. The fraction of sp³-hybridized carbons (Fsp3) is 0.267. The van der Waals surface area contributed by atoms with Crippen LogP contribution in [0.3, 0.4) is 0 Å². The van der Waals surface area contributed by atoms with Gasteiger partial charge in [0.15, 0.2) is 5.69 Å². The van der Waals surface area contributed by atoms with Gasteiger partial charge in [-0.05, 0) is 36.2 Å². The smallest absolute Gasteiger partial charge is 0.276 e. The van der Waals surface area contributed by atoms with Crippen LogP contribution in [0, 0.1) is 0 Å². The summed E-state index contributed by atoms with van der Waals surface area (Å²) in [7, 11) is 1.53. The molecule has 1 aromatic heterocycles. The van der Waals surface area contributed by atoms with Crippen molar-refractivity contribution in [3.05, 3.63) is 46.7 Å². The Morgan fingerprint density at radius 3 is 2.52 bits per heavy atom. The van der Waals surface area contributed by atoms with Crippen LogP contribution in [0.1, 0.15) is 35.9 Å². The fourth-order valence-corrected chi connectivity index (χ4v) is 1.97. The van der Waals surface area contributed by atoms with Gasteiger partial charge in [0.2, 0.25) is 0 Å². The van der Waals surface area contributed by atoms with Crippen LogP contribution >= 0.6 is 11.6 Å². The van der Waals surface area contributed by atoms with E-state index in [0.29, 0.717) is 16.5 Å². The van der Waals surface area contributed by atoms with Crippen LogP contribution in [0.5, 0.6) is 5.75 Å². The molecule has 0 saturated carbocycles. The number of ether oxygens (including phenoxy) is 1. The van der Waals surface area contributed by atoms with Crippen LogP contribution in [-0.4, -0.2) is 23.2 Å². The lowest BCUT2D eigenvalue weighted by atomic mass is 10.1. The van der Waals surface area contributed by atoms with E-state index in [-0.39, 0.29) is 17.5 Å². The number of anilines is 1. The quantitative estimate of drug-likeness (QED) is 0.938. The number of rotatable bonds is 4. The molecule has 21 heavy (non-hydrogen) atoms. The number of benzene rings is 1. The number of amides is 1. The van der Waals surface area contributed by atoms with Gasteiger partial charge >= 0.3 is 0 Å². The third-order valence-corrected chi connectivity index (χ3v) is 3.21. The molecular formula is C15H16ClN3O2. The lowest BCUT2D eigenvalue weighted by molar-refractivity contribution is 0.102. The van der Waals surface area contributed by atoms with E-state index in [0.717, 1.165) is 5.69 Å². The lowest BCUT2D eigenvalue weighted by Crippen LogP contribution is -2.15. The molecule has 1 amide bonds. The molecule has 5 nitrogen and oxygen atoms in total. The summed E-state index contributed by atoms with van der Waals surface area (Å²) >= 11 is 6.01. The van der Waals surface area contributed by atoms with Gasteiger partial charge in [0.05, 0.1) is 17.8 Å². The summed E-state index contributed by atoms with van der Waals surface area (Å²) in [6.07, 6.45) is 0. The second-order valence-electron chi connectivity index (χ2n) is 4.80. The maximum absolute atomic E-state index is 12.1. The summed E-state index contributed by atoms with van der Waals surface area (Å²) < 4.78 is 5.06. The normalized spacial score (nSPS) is 10.5. The zero-order valence-corrected chi connectivity index (χ0v) is 12.8. The molecule has 0 aliphatic rings. The predicted molar refractivity (Wildman–Crippen MR) is 82.1 cm³/mol. The highest BCUT2D eigenvalue weighted by Gasteiger charge is 2.11. The van der Waals surface area contributed by atoms with Crippen molar-refractivity contribution >= 4 is 23.2 Å². The molecule has 0 radical (unpaired) electrons. The molecule has 110 valence electrons. The SMILES string of the molecule is COc1ccc(NC(=O)c2ccc(C(C)C)nn2)cc1Cl. The van der Waals surface area contributed by atoms with Gasteiger partial charge in [-0.1, -0.05) is 25.4 Å². The Labute approximate surface area is 128 Å². The molecule has 2 aromatic rings. The van der Waals surface area contributed by atoms with Gasteiger partial charge in [-0.15, -0.1) is 5.10 Å². The van der Waals surface area contributed by atoms with Crippen LogP contribution in [0.4, 0.5) is 5.69 Å². The second kappa shape index (κ2) is 6.54. The third-order valence-electron chi connectivity index (χ3n) is 2.92. The summed E-state index contributed by atoms with van der Waals surface area (Å²) in [6, 6.07) is 8.47. The minimum absolute atomic E-state index is 0.256. The molecule has 1 N–H and O–H groups in total. The van der Waals surface area contributed by atoms with Crippen LogP contribution in [0.15, 0.2) is 30.3 Å². The van der Waals surface area contributed by atoms with E-state index in [4.69, 9.17) is 16.3 Å². The highest BCUT2D eigenvalue weighted by atomic mass is 35.5. The van der Waals surface area contributed by atoms with Gasteiger partial charge in [0, 0.05) is 5.69 Å². The molecule has 0 aliphatic carbocycles. The Kier molecular flexibility index (Phi) is 4.75. The first-order valence-corrected chi connectivity index (χ1v) is 6.87. The molecule has 0 spiro atoms. The lowest BCUT2D eigenvalue weighted by Gasteiger charge is -2.08. The van der Waals surface area contributed by atoms with Gasteiger partial charge in [0.1, 0.15) is 5.75 Å². The average Bonchev–Trinajstić information content (AvgIpc) is 2.47. The summed E-state index contributed by atoms with van der Waals surface area (Å²) in [5.41, 5.74) is 1.67. The van der Waals surface area contributed by atoms with E-state index in [1.165, 1.54) is 7.11 Å². The van der Waals surface area contributed by atoms with Crippen molar-refractivity contribution in [2.24, 2.45) is 0 Å². The number of nitrogens with zero attached hydrogens (tertiary/aromatic N) is 2. The topological polar surface area (TPSA) is 64.1 Å². The Morgan fingerprint density at radius 1 is 1.24 bits per heavy atom. The summed E-state index contributed by atoms with van der Waals surface area (Å²) in [4.78, 5) is 12.1. The van der Waals surface area contributed by atoms with Gasteiger partial charge in [-0.25, -0.2) is 0 Å². The van der Waals surface area contributed by atoms with Crippen LogP contribution in [0.25, 0.3) is 0 Å². The van der Waals surface area contributed by atoms with Crippen molar-refractivity contribution in [1.82, 2.24) is 10.2 Å². The fourth-order valence-electron chi connectivity index (χ4n) is 1.71. The van der Waals surface area contributed by atoms with Crippen molar-refractivity contribution in [2.75, 3.05) is 12.4 Å². The van der Waals surface area contributed by atoms with E-state index in [1.54, 1.807) is 30.3 Å². The Morgan fingerprint density at radius 2 is 2.00 bits per heavy atom. The first-order chi connectivity index (χ1) is 10.0. The molecule has 1 heterocycles. The number of carbonyl (C=O) groups is 1. The Hall–Kier alpha value is -2.14. The number of carbonyl (C=O) groups excluding carboxylic acids is 1. The first-order valence-electron chi connectivity index (χ1n) is 6.49. The maximum atomic E-state index is 12.1. The van der Waals surface area contributed by atoms with Crippen molar-refractivity contribution in [2.45, 2.75) is 19.8 Å². The Balaban J connectivity index is 2.12. The number of hydrogen-bond acceptors (Lipinski definition) is 4. The van der Waals surface area contributed by atoms with Crippen LogP contribution in [0.2, 0.25) is 5.02 Å². The van der Waals surface area contributed by atoms with Gasteiger partial charge < -0.3 is 10.1 Å². The predicted octanol–water partition coefficient (Wildman–Crippen LogP) is 3.51. The van der Waals surface area contributed by atoms with E-state index in [2.05, 4.69) is 15.5 Å². The zero-order chi connectivity index (χ0) is 15.4. The molecule has 0 bridgehead atoms. The highest BCUT2D eigenvalue weighted by Crippen LogP contribution is 2.27. The van der Waals surface area contributed by atoms with Crippen molar-refractivity contribution in [3.63, 3.8) is 0 Å². The summed E-state index contributed by atoms with van der Waals surface area (Å²) in [6.45, 7) is 4.03. The number of hydrogen-bond donors (Lipinski definition) is 1. The van der Waals surface area contributed by atoms with Crippen molar-refractivity contribution < 1.29 is 9.53 Å². The minimum Gasteiger partial charge on any atom is -0.495 e. The van der Waals surface area contributed by atoms with E-state index >= 15 is 0 Å². The molecule has 0 aliphatic heterocycles. The van der Waals surface area contributed by atoms with Gasteiger partial charge in [-0.2, -0.15) is 5.10 Å². The largest absolute Gasteiger partial charge is 0.495 e. The van der Waals surface area contributed by atoms with Crippen LogP contribution in [-0.2, 0) is 0 Å². The highest BCUT2D eigenvalue weighted by molar-refractivity contribution is 6.32. The van der Waals surface area contributed by atoms with Gasteiger partial charge in [-0.3, -0.25) is 4.79 Å². The zero-order valence-electron chi connectivity index (χ0n) is 12.1. The van der Waals surface area contributed by atoms with Crippen molar-refractivity contribution in [1.29, 1.82) is 0 Å². The van der Waals surface area contributed by atoms with E-state index in [9.17, 15) is 4.79 Å². The van der Waals surface area contributed by atoms with E-state index < -0.39 is 0 Å². The second-order valence-corrected chi connectivity index (χ2v) is 5.21. The molecule has 2 rings (SSSR count). The van der Waals surface area contributed by atoms with Gasteiger partial charge in [0.25, 0.3) is 5.91 Å². The van der Waals surface area contributed by atoms with E-state index in [1.807, 2.05) is 13.8 Å². The molecule has 6 heteroatoms. The number of methoxy groups -OCH3 is 1. The average molecular weight is 306 g/mol. The molecule has 0 unspecified atom stereocenters. The molecular weight excluding hydrogens is 290 g/mol. The number of aromatic nitrogens is 2. The minimum atomic E-state index is -0.334. The number of nitrogens with one attached hydrogen (secondary N) is 1. The standard InChI is InChI=1S/C15H16ClN3O2/c1-9(2)12-5-6-13(19-18-12)15(20)17-10-4-7-14(21-3)11(16)8-10/h4-9H,1-3H3,(H,17,20).